The smallest absolute Gasteiger partial charge is 0.132 e. The molecule has 2 heteroatoms. The van der Waals surface area contributed by atoms with Gasteiger partial charge in [0.1, 0.15) is 5.78 Å². The van der Waals surface area contributed by atoms with Crippen molar-refractivity contribution in [2.75, 3.05) is 13.7 Å². The molecule has 0 N–H and O–H groups in total. The maximum absolute atomic E-state index is 10.9. The summed E-state index contributed by atoms with van der Waals surface area (Å²) in [5.41, 5.74) is 0. The molecule has 0 spiro atoms. The average molecular weight is 158 g/mol. The van der Waals surface area contributed by atoms with Crippen molar-refractivity contribution in [3.05, 3.63) is 0 Å². The number of hydrogen-bond acceptors (Lipinski definition) is 2. The van der Waals surface area contributed by atoms with E-state index in [0.29, 0.717) is 5.92 Å². The van der Waals surface area contributed by atoms with E-state index >= 15 is 0 Å². The molecule has 0 amide bonds. The lowest BCUT2D eigenvalue weighted by atomic mass is 9.90. The Kier molecular flexibility index (Phi) is 5.12. The Morgan fingerprint density at radius 1 is 1.45 bits per heavy atom. The maximum atomic E-state index is 10.9. The number of carbonyl (C=O) groups is 1. The van der Waals surface area contributed by atoms with Gasteiger partial charge in [-0.15, -0.1) is 0 Å². The molecule has 0 heterocycles. The van der Waals surface area contributed by atoms with Gasteiger partial charge >= 0.3 is 0 Å². The molecular formula is C9H18O2. The third kappa shape index (κ3) is 4.14. The fraction of sp³-hybridized carbons (Fsp3) is 0.889. The van der Waals surface area contributed by atoms with Gasteiger partial charge in [-0.2, -0.15) is 0 Å². The molecule has 0 aromatic heterocycles. The first-order valence-electron chi connectivity index (χ1n) is 4.09. The topological polar surface area (TPSA) is 26.3 Å². The van der Waals surface area contributed by atoms with E-state index in [2.05, 4.69) is 6.92 Å². The molecule has 0 aliphatic carbocycles. The summed E-state index contributed by atoms with van der Waals surface area (Å²) in [6.07, 6.45) is 0.969. The van der Waals surface area contributed by atoms with Crippen molar-refractivity contribution >= 4 is 5.78 Å². The molecule has 0 rings (SSSR count). The summed E-state index contributed by atoms with van der Waals surface area (Å²) in [6.45, 7) is 6.46. The fourth-order valence-corrected chi connectivity index (χ4v) is 0.954. The van der Waals surface area contributed by atoms with Crippen LogP contribution < -0.4 is 0 Å². The molecule has 0 saturated carbocycles. The van der Waals surface area contributed by atoms with Crippen LogP contribution in [0.3, 0.4) is 0 Å². The van der Waals surface area contributed by atoms with Gasteiger partial charge in [0.05, 0.1) is 0 Å². The zero-order valence-electron chi connectivity index (χ0n) is 7.89. The number of carbonyl (C=O) groups excluding carboxylic acids is 1. The number of Topliss-reactive ketones (excluding diaryl/α,β-unsaturated/α-hetero) is 1. The highest BCUT2D eigenvalue weighted by molar-refractivity contribution is 5.78. The molecule has 2 nitrogen and oxygen atoms in total. The van der Waals surface area contributed by atoms with Crippen LogP contribution in [-0.2, 0) is 9.53 Å². The number of rotatable bonds is 5. The summed E-state index contributed by atoms with van der Waals surface area (Å²) in [5.74, 6) is 0.881. The summed E-state index contributed by atoms with van der Waals surface area (Å²) in [5, 5.41) is 0. The third-order valence-electron chi connectivity index (χ3n) is 2.27. The molecule has 2 unspecified atom stereocenters. The fourth-order valence-electron chi connectivity index (χ4n) is 0.954. The molecule has 0 radical (unpaired) electrons. The quantitative estimate of drug-likeness (QED) is 0.610. The Bertz CT molecular complexity index is 121. The second-order valence-corrected chi connectivity index (χ2v) is 3.16. The molecule has 0 saturated heterocycles. The largest absolute Gasteiger partial charge is 0.385 e. The van der Waals surface area contributed by atoms with Crippen LogP contribution in [0.15, 0.2) is 0 Å². The van der Waals surface area contributed by atoms with Gasteiger partial charge < -0.3 is 4.74 Å². The van der Waals surface area contributed by atoms with Crippen molar-refractivity contribution in [2.24, 2.45) is 11.8 Å². The van der Waals surface area contributed by atoms with Gasteiger partial charge in [0, 0.05) is 19.6 Å². The SMILES string of the molecule is COCCC(C)C(C)C(C)=O. The summed E-state index contributed by atoms with van der Waals surface area (Å²) in [6, 6.07) is 0. The van der Waals surface area contributed by atoms with Crippen molar-refractivity contribution in [3.63, 3.8) is 0 Å². The lowest BCUT2D eigenvalue weighted by Gasteiger charge is -2.15. The van der Waals surface area contributed by atoms with Crippen molar-refractivity contribution in [1.29, 1.82) is 0 Å². The van der Waals surface area contributed by atoms with Crippen LogP contribution >= 0.6 is 0 Å². The van der Waals surface area contributed by atoms with Gasteiger partial charge in [0.15, 0.2) is 0 Å². The molecule has 0 aliphatic rings. The first-order chi connectivity index (χ1) is 5.09. The van der Waals surface area contributed by atoms with E-state index < -0.39 is 0 Å². The van der Waals surface area contributed by atoms with Gasteiger partial charge in [-0.3, -0.25) is 4.79 Å². The summed E-state index contributed by atoms with van der Waals surface area (Å²) >= 11 is 0. The van der Waals surface area contributed by atoms with Crippen LogP contribution in [0.25, 0.3) is 0 Å². The van der Waals surface area contributed by atoms with E-state index in [0.717, 1.165) is 13.0 Å². The monoisotopic (exact) mass is 158 g/mol. The number of ketones is 1. The van der Waals surface area contributed by atoms with E-state index in [9.17, 15) is 4.79 Å². The predicted octanol–water partition coefficient (Wildman–Crippen LogP) is 1.88. The molecule has 0 aliphatic heterocycles. The first kappa shape index (κ1) is 10.6. The number of hydrogen-bond donors (Lipinski definition) is 0. The molecule has 0 fully saturated rings. The standard InChI is InChI=1S/C9H18O2/c1-7(5-6-11-4)8(2)9(3)10/h7-8H,5-6H2,1-4H3. The van der Waals surface area contributed by atoms with Gasteiger partial charge in [-0.1, -0.05) is 13.8 Å². The van der Waals surface area contributed by atoms with Crippen molar-refractivity contribution in [2.45, 2.75) is 27.2 Å². The van der Waals surface area contributed by atoms with Crippen LogP contribution in [-0.4, -0.2) is 19.5 Å². The second kappa shape index (κ2) is 5.30. The van der Waals surface area contributed by atoms with Crippen molar-refractivity contribution in [1.82, 2.24) is 0 Å². The van der Waals surface area contributed by atoms with E-state index in [1.807, 2.05) is 6.92 Å². The average Bonchev–Trinajstić information content (AvgIpc) is 1.98. The van der Waals surface area contributed by atoms with Crippen LogP contribution in [0.5, 0.6) is 0 Å². The highest BCUT2D eigenvalue weighted by Crippen LogP contribution is 2.15. The van der Waals surface area contributed by atoms with E-state index in [-0.39, 0.29) is 11.7 Å². The minimum absolute atomic E-state index is 0.171. The minimum atomic E-state index is 0.171. The number of methoxy groups -OCH3 is 1. The Morgan fingerprint density at radius 2 is 2.00 bits per heavy atom. The zero-order chi connectivity index (χ0) is 8.85. The highest BCUT2D eigenvalue weighted by Gasteiger charge is 2.15. The summed E-state index contributed by atoms with van der Waals surface area (Å²) in [4.78, 5) is 10.9. The first-order valence-corrected chi connectivity index (χ1v) is 4.09. The predicted molar refractivity (Wildman–Crippen MR) is 45.5 cm³/mol. The summed E-state index contributed by atoms with van der Waals surface area (Å²) in [7, 11) is 1.69. The van der Waals surface area contributed by atoms with Crippen LogP contribution in [0.4, 0.5) is 0 Å². The van der Waals surface area contributed by atoms with Crippen molar-refractivity contribution in [3.8, 4) is 0 Å². The Morgan fingerprint density at radius 3 is 2.36 bits per heavy atom. The molecule has 2 atom stereocenters. The lowest BCUT2D eigenvalue weighted by molar-refractivity contribution is -0.121. The van der Waals surface area contributed by atoms with E-state index in [1.165, 1.54) is 0 Å². The minimum Gasteiger partial charge on any atom is -0.385 e. The molecule has 66 valence electrons. The van der Waals surface area contributed by atoms with Gasteiger partial charge in [0.25, 0.3) is 0 Å². The Hall–Kier alpha value is -0.370. The maximum Gasteiger partial charge on any atom is 0.132 e. The molecule has 0 aromatic rings. The third-order valence-corrected chi connectivity index (χ3v) is 2.27. The normalized spacial score (nSPS) is 16.0. The molecule has 0 bridgehead atoms. The van der Waals surface area contributed by atoms with Crippen molar-refractivity contribution < 1.29 is 9.53 Å². The lowest BCUT2D eigenvalue weighted by Crippen LogP contribution is -2.17. The Labute approximate surface area is 68.9 Å². The number of ether oxygens (including phenoxy) is 1. The van der Waals surface area contributed by atoms with Gasteiger partial charge in [-0.05, 0) is 19.3 Å². The second-order valence-electron chi connectivity index (χ2n) is 3.16. The van der Waals surface area contributed by atoms with Crippen LogP contribution in [0, 0.1) is 11.8 Å². The van der Waals surface area contributed by atoms with Gasteiger partial charge in [-0.25, -0.2) is 0 Å². The van der Waals surface area contributed by atoms with E-state index in [4.69, 9.17) is 4.74 Å². The molecular weight excluding hydrogens is 140 g/mol. The van der Waals surface area contributed by atoms with Gasteiger partial charge in [0.2, 0.25) is 0 Å². The Balaban J connectivity index is 3.63. The summed E-state index contributed by atoms with van der Waals surface area (Å²) < 4.78 is 4.93. The van der Waals surface area contributed by atoms with E-state index in [1.54, 1.807) is 14.0 Å². The molecule has 11 heavy (non-hydrogen) atoms. The molecule has 0 aromatic carbocycles. The highest BCUT2D eigenvalue weighted by atomic mass is 16.5. The zero-order valence-corrected chi connectivity index (χ0v) is 7.89. The van der Waals surface area contributed by atoms with Crippen LogP contribution in [0.1, 0.15) is 27.2 Å². The van der Waals surface area contributed by atoms with Crippen LogP contribution in [0.2, 0.25) is 0 Å².